The molecule has 2 aliphatic rings. The van der Waals surface area contributed by atoms with Crippen LogP contribution < -0.4 is 4.74 Å². The summed E-state index contributed by atoms with van der Waals surface area (Å²) in [6.45, 7) is 6.75. The molecule has 3 rings (SSSR count). The molecule has 0 N–H and O–H groups in total. The standard InChI is InChI=1S/C18H21FN2O4/c1-17(2,3)25-16(22)21-10-18(11-21)7-14(9-23-18)24-15-5-4-13(19)6-12(15)8-20/h4-6,14H,7,9-11H2,1-3H3. The number of hydrogen-bond donors (Lipinski definition) is 0. The topological polar surface area (TPSA) is 71.8 Å². The number of benzene rings is 1. The number of ether oxygens (including phenoxy) is 3. The summed E-state index contributed by atoms with van der Waals surface area (Å²) in [7, 11) is 0. The van der Waals surface area contributed by atoms with Crippen LogP contribution in [-0.2, 0) is 9.47 Å². The van der Waals surface area contributed by atoms with Crippen LogP contribution in [0.5, 0.6) is 5.75 Å². The summed E-state index contributed by atoms with van der Waals surface area (Å²) in [6.07, 6.45) is 0.0175. The van der Waals surface area contributed by atoms with E-state index in [2.05, 4.69) is 0 Å². The minimum Gasteiger partial charge on any atom is -0.487 e. The normalized spacial score (nSPS) is 21.6. The Morgan fingerprint density at radius 2 is 2.16 bits per heavy atom. The highest BCUT2D eigenvalue weighted by Gasteiger charge is 2.53. The fraction of sp³-hybridized carbons (Fsp3) is 0.556. The summed E-state index contributed by atoms with van der Waals surface area (Å²) in [6, 6.07) is 5.79. The van der Waals surface area contributed by atoms with Crippen LogP contribution in [0.4, 0.5) is 9.18 Å². The first kappa shape index (κ1) is 17.5. The second-order valence-electron chi connectivity index (χ2n) is 7.53. The monoisotopic (exact) mass is 348 g/mol. The molecule has 0 bridgehead atoms. The average molecular weight is 348 g/mol. The van der Waals surface area contributed by atoms with E-state index in [9.17, 15) is 9.18 Å². The van der Waals surface area contributed by atoms with Crippen molar-refractivity contribution in [2.75, 3.05) is 19.7 Å². The predicted molar refractivity (Wildman–Crippen MR) is 86.6 cm³/mol. The summed E-state index contributed by atoms with van der Waals surface area (Å²) in [5.74, 6) is -0.132. The van der Waals surface area contributed by atoms with E-state index >= 15 is 0 Å². The molecule has 0 aromatic heterocycles. The second-order valence-corrected chi connectivity index (χ2v) is 7.53. The Balaban J connectivity index is 1.56. The zero-order chi connectivity index (χ0) is 18.2. The van der Waals surface area contributed by atoms with Gasteiger partial charge in [0.2, 0.25) is 0 Å². The van der Waals surface area contributed by atoms with Crippen molar-refractivity contribution in [2.45, 2.75) is 44.5 Å². The Hall–Kier alpha value is -2.33. The minimum atomic E-state index is -0.529. The molecule has 134 valence electrons. The molecule has 2 aliphatic heterocycles. The Morgan fingerprint density at radius 3 is 2.80 bits per heavy atom. The van der Waals surface area contributed by atoms with Crippen molar-refractivity contribution < 1.29 is 23.4 Å². The van der Waals surface area contributed by atoms with Crippen molar-refractivity contribution in [3.05, 3.63) is 29.6 Å². The highest BCUT2D eigenvalue weighted by molar-refractivity contribution is 5.69. The van der Waals surface area contributed by atoms with Crippen molar-refractivity contribution in [1.29, 1.82) is 5.26 Å². The third kappa shape index (κ3) is 3.85. The van der Waals surface area contributed by atoms with Gasteiger partial charge in [0.15, 0.2) is 0 Å². The molecule has 2 saturated heterocycles. The second kappa shape index (κ2) is 6.19. The fourth-order valence-corrected chi connectivity index (χ4v) is 3.08. The van der Waals surface area contributed by atoms with Gasteiger partial charge in [-0.05, 0) is 39.0 Å². The van der Waals surface area contributed by atoms with Crippen LogP contribution in [0.2, 0.25) is 0 Å². The van der Waals surface area contributed by atoms with E-state index in [1.165, 1.54) is 12.1 Å². The highest BCUT2D eigenvalue weighted by atomic mass is 19.1. The lowest BCUT2D eigenvalue weighted by molar-refractivity contribution is -0.109. The lowest BCUT2D eigenvalue weighted by atomic mass is 9.90. The van der Waals surface area contributed by atoms with E-state index in [1.54, 1.807) is 4.90 Å². The number of carbonyl (C=O) groups excluding carboxylic acids is 1. The van der Waals surface area contributed by atoms with Gasteiger partial charge in [-0.2, -0.15) is 5.26 Å². The van der Waals surface area contributed by atoms with Gasteiger partial charge in [-0.1, -0.05) is 0 Å². The molecule has 1 unspecified atom stereocenters. The summed E-state index contributed by atoms with van der Waals surface area (Å²) >= 11 is 0. The van der Waals surface area contributed by atoms with Crippen LogP contribution in [-0.4, -0.2) is 48.0 Å². The number of halogens is 1. The SMILES string of the molecule is CC(C)(C)OC(=O)N1CC2(CC(Oc3ccc(F)cc3C#N)CO2)C1. The van der Waals surface area contributed by atoms with Crippen LogP contribution in [0.25, 0.3) is 0 Å². The van der Waals surface area contributed by atoms with Crippen molar-refractivity contribution in [3.63, 3.8) is 0 Å². The molecule has 1 aromatic rings. The molecular weight excluding hydrogens is 327 g/mol. The van der Waals surface area contributed by atoms with Gasteiger partial charge in [-0.15, -0.1) is 0 Å². The number of hydrogen-bond acceptors (Lipinski definition) is 5. The Bertz CT molecular complexity index is 717. The number of likely N-dealkylation sites (tertiary alicyclic amines) is 1. The molecule has 0 aliphatic carbocycles. The predicted octanol–water partition coefficient (Wildman–Crippen LogP) is 2.85. The molecule has 1 amide bonds. The first-order chi connectivity index (χ1) is 11.7. The number of nitrogens with zero attached hydrogens (tertiary/aromatic N) is 2. The first-order valence-electron chi connectivity index (χ1n) is 8.18. The lowest BCUT2D eigenvalue weighted by Gasteiger charge is -2.46. The Labute approximate surface area is 146 Å². The summed E-state index contributed by atoms with van der Waals surface area (Å²) in [5.41, 5.74) is -0.794. The Morgan fingerprint density at radius 1 is 1.44 bits per heavy atom. The van der Waals surface area contributed by atoms with Gasteiger partial charge in [0.1, 0.15) is 34.9 Å². The van der Waals surface area contributed by atoms with Gasteiger partial charge < -0.3 is 19.1 Å². The fourth-order valence-electron chi connectivity index (χ4n) is 3.08. The van der Waals surface area contributed by atoms with E-state index in [1.807, 2.05) is 26.8 Å². The Kier molecular flexibility index (Phi) is 4.33. The molecule has 0 radical (unpaired) electrons. The summed E-state index contributed by atoms with van der Waals surface area (Å²) < 4.78 is 30.2. The smallest absolute Gasteiger partial charge is 0.410 e. The van der Waals surface area contributed by atoms with Crippen molar-refractivity contribution in [3.8, 4) is 11.8 Å². The zero-order valence-corrected chi connectivity index (χ0v) is 14.5. The molecule has 25 heavy (non-hydrogen) atoms. The molecule has 1 atom stereocenters. The molecule has 1 spiro atoms. The number of amides is 1. The van der Waals surface area contributed by atoms with Gasteiger partial charge in [0.25, 0.3) is 0 Å². The molecular formula is C18H21FN2O4. The van der Waals surface area contributed by atoms with Gasteiger partial charge in [-0.25, -0.2) is 9.18 Å². The summed E-state index contributed by atoms with van der Waals surface area (Å²) in [4.78, 5) is 13.6. The third-order valence-electron chi connectivity index (χ3n) is 4.14. The van der Waals surface area contributed by atoms with E-state index in [-0.39, 0.29) is 17.8 Å². The maximum absolute atomic E-state index is 13.2. The van der Waals surface area contributed by atoms with Crippen LogP contribution in [0.3, 0.4) is 0 Å². The molecule has 2 fully saturated rings. The van der Waals surface area contributed by atoms with E-state index in [4.69, 9.17) is 19.5 Å². The average Bonchev–Trinajstić information content (AvgIpc) is 2.90. The van der Waals surface area contributed by atoms with E-state index < -0.39 is 17.0 Å². The van der Waals surface area contributed by atoms with Crippen LogP contribution in [0, 0.1) is 17.1 Å². The van der Waals surface area contributed by atoms with Gasteiger partial charge in [0.05, 0.1) is 25.3 Å². The summed E-state index contributed by atoms with van der Waals surface area (Å²) in [5, 5.41) is 9.08. The number of nitriles is 1. The lowest BCUT2D eigenvalue weighted by Crippen LogP contribution is -2.64. The molecule has 1 aromatic carbocycles. The van der Waals surface area contributed by atoms with Crippen LogP contribution in [0.15, 0.2) is 18.2 Å². The van der Waals surface area contributed by atoms with E-state index in [0.717, 1.165) is 6.07 Å². The molecule has 2 heterocycles. The highest BCUT2D eigenvalue weighted by Crippen LogP contribution is 2.37. The first-order valence-corrected chi connectivity index (χ1v) is 8.18. The molecule has 6 nitrogen and oxygen atoms in total. The molecule has 7 heteroatoms. The van der Waals surface area contributed by atoms with Crippen LogP contribution >= 0.6 is 0 Å². The van der Waals surface area contributed by atoms with E-state index in [0.29, 0.717) is 31.9 Å². The van der Waals surface area contributed by atoms with Crippen molar-refractivity contribution >= 4 is 6.09 Å². The van der Waals surface area contributed by atoms with Crippen LogP contribution in [0.1, 0.15) is 32.8 Å². The largest absolute Gasteiger partial charge is 0.487 e. The maximum atomic E-state index is 13.2. The maximum Gasteiger partial charge on any atom is 0.410 e. The molecule has 0 saturated carbocycles. The third-order valence-corrected chi connectivity index (χ3v) is 4.14. The van der Waals surface area contributed by atoms with Gasteiger partial charge in [0, 0.05) is 6.42 Å². The number of carbonyl (C=O) groups is 1. The van der Waals surface area contributed by atoms with Gasteiger partial charge >= 0.3 is 6.09 Å². The minimum absolute atomic E-state index is 0.157. The van der Waals surface area contributed by atoms with Crippen molar-refractivity contribution in [1.82, 2.24) is 4.90 Å². The quantitative estimate of drug-likeness (QED) is 0.822. The number of rotatable bonds is 2. The zero-order valence-electron chi connectivity index (χ0n) is 14.5. The van der Waals surface area contributed by atoms with Gasteiger partial charge in [-0.3, -0.25) is 0 Å². The van der Waals surface area contributed by atoms with Crippen molar-refractivity contribution in [2.24, 2.45) is 0 Å².